The second kappa shape index (κ2) is 3.48. The molecular formula is C14H7F3. The first-order valence-electron chi connectivity index (χ1n) is 5.13. The topological polar surface area (TPSA) is 0 Å². The first-order valence-corrected chi connectivity index (χ1v) is 5.13. The third-order valence-corrected chi connectivity index (χ3v) is 2.84. The first kappa shape index (κ1) is 10.1. The molecule has 17 heavy (non-hydrogen) atoms. The molecule has 84 valence electrons. The fourth-order valence-electron chi connectivity index (χ4n) is 2.09. The van der Waals surface area contributed by atoms with Crippen molar-refractivity contribution in [1.29, 1.82) is 0 Å². The molecule has 3 heteroatoms. The van der Waals surface area contributed by atoms with Gasteiger partial charge in [-0.2, -0.15) is 0 Å². The summed E-state index contributed by atoms with van der Waals surface area (Å²) in [6.45, 7) is 0. The lowest BCUT2D eigenvalue weighted by atomic mass is 10.0. The molecule has 3 aromatic rings. The van der Waals surface area contributed by atoms with Gasteiger partial charge in [0.25, 0.3) is 0 Å². The van der Waals surface area contributed by atoms with Crippen LogP contribution < -0.4 is 0 Å². The molecule has 0 bridgehead atoms. The van der Waals surface area contributed by atoms with Gasteiger partial charge in [-0.3, -0.25) is 0 Å². The minimum atomic E-state index is -0.746. The highest BCUT2D eigenvalue weighted by Gasteiger charge is 2.10. The normalized spacial score (nSPS) is 11.2. The zero-order valence-electron chi connectivity index (χ0n) is 8.68. The van der Waals surface area contributed by atoms with Crippen molar-refractivity contribution in [2.45, 2.75) is 0 Å². The number of rotatable bonds is 0. The molecule has 0 atom stereocenters. The van der Waals surface area contributed by atoms with E-state index in [9.17, 15) is 13.2 Å². The van der Waals surface area contributed by atoms with Gasteiger partial charge in [0.2, 0.25) is 0 Å². The summed E-state index contributed by atoms with van der Waals surface area (Å²) in [4.78, 5) is 0. The lowest BCUT2D eigenvalue weighted by molar-refractivity contribution is 0.590. The molecule has 0 spiro atoms. The van der Waals surface area contributed by atoms with Crippen LogP contribution in [-0.4, -0.2) is 0 Å². The Morgan fingerprint density at radius 1 is 0.588 bits per heavy atom. The Morgan fingerprint density at radius 3 is 2.00 bits per heavy atom. The van der Waals surface area contributed by atoms with Crippen LogP contribution >= 0.6 is 0 Å². The summed E-state index contributed by atoms with van der Waals surface area (Å²) in [5.74, 6) is -1.91. The average molecular weight is 232 g/mol. The fourth-order valence-corrected chi connectivity index (χ4v) is 2.09. The van der Waals surface area contributed by atoms with Gasteiger partial charge in [-0.05, 0) is 22.9 Å². The van der Waals surface area contributed by atoms with Crippen molar-refractivity contribution in [1.82, 2.24) is 0 Å². The highest BCUT2D eigenvalue weighted by Crippen LogP contribution is 2.30. The van der Waals surface area contributed by atoms with E-state index in [4.69, 9.17) is 0 Å². The molecule has 0 radical (unpaired) electrons. The van der Waals surface area contributed by atoms with Gasteiger partial charge in [0.1, 0.15) is 17.5 Å². The highest BCUT2D eigenvalue weighted by atomic mass is 19.1. The third-order valence-electron chi connectivity index (χ3n) is 2.84. The van der Waals surface area contributed by atoms with E-state index in [1.165, 1.54) is 6.07 Å². The number of benzene rings is 3. The van der Waals surface area contributed by atoms with Crippen LogP contribution in [0.25, 0.3) is 21.5 Å². The molecule has 0 N–H and O–H groups in total. The first-order chi connectivity index (χ1) is 8.16. The molecule has 0 amide bonds. The minimum absolute atomic E-state index is 0.0996. The molecule has 0 saturated heterocycles. The van der Waals surface area contributed by atoms with Crippen LogP contribution in [0, 0.1) is 17.5 Å². The Kier molecular flexibility index (Phi) is 2.08. The van der Waals surface area contributed by atoms with Gasteiger partial charge < -0.3 is 0 Å². The van der Waals surface area contributed by atoms with E-state index in [1.807, 2.05) is 0 Å². The third kappa shape index (κ3) is 1.46. The van der Waals surface area contributed by atoms with E-state index in [-0.39, 0.29) is 5.39 Å². The molecule has 0 aliphatic heterocycles. The Bertz CT molecular complexity index is 732. The van der Waals surface area contributed by atoms with Crippen LogP contribution in [0.3, 0.4) is 0 Å². The van der Waals surface area contributed by atoms with Crippen molar-refractivity contribution in [3.63, 3.8) is 0 Å². The summed E-state index contributed by atoms with van der Waals surface area (Å²) >= 11 is 0. The molecule has 0 saturated carbocycles. The van der Waals surface area contributed by atoms with E-state index in [0.717, 1.165) is 12.1 Å². The maximum absolute atomic E-state index is 13.7. The molecular weight excluding hydrogens is 225 g/mol. The van der Waals surface area contributed by atoms with Crippen LogP contribution in [0.4, 0.5) is 13.2 Å². The number of fused-ring (bicyclic) bond motifs is 3. The lowest BCUT2D eigenvalue weighted by Gasteiger charge is -2.06. The van der Waals surface area contributed by atoms with E-state index >= 15 is 0 Å². The van der Waals surface area contributed by atoms with Gasteiger partial charge in [0.05, 0.1) is 0 Å². The minimum Gasteiger partial charge on any atom is -0.207 e. The number of hydrogen-bond acceptors (Lipinski definition) is 0. The van der Waals surface area contributed by atoms with Gasteiger partial charge >= 0.3 is 0 Å². The van der Waals surface area contributed by atoms with E-state index in [2.05, 4.69) is 0 Å². The summed E-state index contributed by atoms with van der Waals surface area (Å²) in [5, 5.41) is 1.37. The smallest absolute Gasteiger partial charge is 0.134 e. The summed E-state index contributed by atoms with van der Waals surface area (Å²) in [5.41, 5.74) is 0. The zero-order chi connectivity index (χ0) is 12.0. The Labute approximate surface area is 95.3 Å². The molecule has 0 fully saturated rings. The molecule has 3 rings (SSSR count). The zero-order valence-corrected chi connectivity index (χ0v) is 8.68. The molecule has 0 aliphatic carbocycles. The van der Waals surface area contributed by atoms with Crippen LogP contribution in [-0.2, 0) is 0 Å². The van der Waals surface area contributed by atoms with Gasteiger partial charge in [-0.25, -0.2) is 13.2 Å². The molecule has 3 aromatic carbocycles. The van der Waals surface area contributed by atoms with Gasteiger partial charge in [0.15, 0.2) is 0 Å². The molecule has 0 aromatic heterocycles. The molecule has 0 aliphatic rings. The summed E-state index contributed by atoms with van der Waals surface area (Å²) in [7, 11) is 0. The van der Waals surface area contributed by atoms with Crippen LogP contribution in [0.5, 0.6) is 0 Å². The number of hydrogen-bond donors (Lipinski definition) is 0. The highest BCUT2D eigenvalue weighted by molar-refractivity contribution is 6.07. The van der Waals surface area contributed by atoms with E-state index < -0.39 is 17.5 Å². The predicted octanol–water partition coefficient (Wildman–Crippen LogP) is 4.41. The Morgan fingerprint density at radius 2 is 1.24 bits per heavy atom. The van der Waals surface area contributed by atoms with E-state index in [0.29, 0.717) is 16.2 Å². The average Bonchev–Trinajstić information content (AvgIpc) is 2.31. The Hall–Kier alpha value is -2.03. The van der Waals surface area contributed by atoms with Crippen molar-refractivity contribution in [3.05, 3.63) is 59.9 Å². The van der Waals surface area contributed by atoms with Crippen LogP contribution in [0.15, 0.2) is 42.5 Å². The molecule has 0 heterocycles. The van der Waals surface area contributed by atoms with Gasteiger partial charge in [-0.1, -0.05) is 24.3 Å². The largest absolute Gasteiger partial charge is 0.207 e. The maximum Gasteiger partial charge on any atom is 0.134 e. The van der Waals surface area contributed by atoms with Gasteiger partial charge in [-0.15, -0.1) is 0 Å². The summed E-state index contributed by atoms with van der Waals surface area (Å²) in [6.07, 6.45) is 0. The molecule has 0 nitrogen and oxygen atoms in total. The number of halogens is 3. The lowest BCUT2D eigenvalue weighted by Crippen LogP contribution is -1.88. The second-order valence-electron chi connectivity index (χ2n) is 3.89. The van der Waals surface area contributed by atoms with Crippen molar-refractivity contribution in [2.24, 2.45) is 0 Å². The maximum atomic E-state index is 13.7. The predicted molar refractivity (Wildman–Crippen MR) is 61.3 cm³/mol. The van der Waals surface area contributed by atoms with Crippen molar-refractivity contribution < 1.29 is 13.2 Å². The molecule has 0 unspecified atom stereocenters. The van der Waals surface area contributed by atoms with Crippen LogP contribution in [0.1, 0.15) is 0 Å². The second-order valence-corrected chi connectivity index (χ2v) is 3.89. The standard InChI is InChI=1S/C14H7F3/c15-8-5-11-9-3-1-2-4-10(9)14(17)7-12(11)13(16)6-8/h1-7H. The van der Waals surface area contributed by atoms with Crippen molar-refractivity contribution >= 4 is 21.5 Å². The summed E-state index contributed by atoms with van der Waals surface area (Å²) < 4.78 is 40.5. The monoisotopic (exact) mass is 232 g/mol. The van der Waals surface area contributed by atoms with Crippen LogP contribution in [0.2, 0.25) is 0 Å². The van der Waals surface area contributed by atoms with E-state index in [1.54, 1.807) is 24.3 Å². The fraction of sp³-hybridized carbons (Fsp3) is 0. The van der Waals surface area contributed by atoms with Crippen molar-refractivity contribution in [2.75, 3.05) is 0 Å². The quantitative estimate of drug-likeness (QED) is 0.503. The SMILES string of the molecule is Fc1cc(F)c2cc(F)c3ccccc3c2c1. The van der Waals surface area contributed by atoms with Gasteiger partial charge in [0, 0.05) is 16.8 Å². The summed E-state index contributed by atoms with van der Waals surface area (Å²) in [6, 6.07) is 9.73. The van der Waals surface area contributed by atoms with Crippen molar-refractivity contribution in [3.8, 4) is 0 Å². The Balaban J connectivity index is 2.63.